The third-order valence-corrected chi connectivity index (χ3v) is 6.29. The van der Waals surface area contributed by atoms with Crippen molar-refractivity contribution in [3.05, 3.63) is 81.1 Å². The summed E-state index contributed by atoms with van der Waals surface area (Å²) >= 11 is 14.9. The molecule has 1 fully saturated rings. The molecule has 1 aliphatic rings. The predicted octanol–water partition coefficient (Wildman–Crippen LogP) is 6.28. The van der Waals surface area contributed by atoms with Gasteiger partial charge in [-0.25, -0.2) is 0 Å². The van der Waals surface area contributed by atoms with E-state index in [-0.39, 0.29) is 5.91 Å². The molecule has 3 aromatic rings. The molecule has 146 valence electrons. The van der Waals surface area contributed by atoms with E-state index in [1.165, 1.54) is 4.90 Å². The number of anilines is 1. The first-order valence-electron chi connectivity index (χ1n) is 8.81. The monoisotopic (exact) mass is 486 g/mol. The van der Waals surface area contributed by atoms with E-state index in [0.717, 1.165) is 21.4 Å². The summed E-state index contributed by atoms with van der Waals surface area (Å²) < 4.78 is 7.01. The molecular weight excluding hydrogens is 472 g/mol. The van der Waals surface area contributed by atoms with Crippen LogP contribution in [-0.4, -0.2) is 23.0 Å². The average Bonchev–Trinajstić information content (AvgIpc) is 3.25. The topological polar surface area (TPSA) is 36.7 Å². The first-order valence-corrected chi connectivity index (χ1v) is 10.4. The van der Waals surface area contributed by atoms with Gasteiger partial charge in [0.25, 0.3) is 5.91 Å². The highest BCUT2D eigenvalue weighted by Gasteiger charge is 2.37. The number of carbonyl (C=O) groups excluding carboxylic acids is 1. The molecule has 1 saturated heterocycles. The van der Waals surface area contributed by atoms with E-state index in [0.29, 0.717) is 27.3 Å². The number of hydrogen-bond donors (Lipinski definition) is 0. The van der Waals surface area contributed by atoms with Gasteiger partial charge < -0.3 is 9.32 Å². The van der Waals surface area contributed by atoms with Gasteiger partial charge in [-0.15, -0.1) is 0 Å². The molecule has 0 radical (unpaired) electrons. The lowest BCUT2D eigenvalue weighted by atomic mass is 10.1. The second-order valence-corrected chi connectivity index (χ2v) is 8.31. The first-order chi connectivity index (χ1) is 13.8. The van der Waals surface area contributed by atoms with Crippen molar-refractivity contribution in [1.29, 1.82) is 0 Å². The predicted molar refractivity (Wildman–Crippen MR) is 124 cm³/mol. The molecule has 7 heteroatoms. The van der Waals surface area contributed by atoms with Crippen LogP contribution >= 0.6 is 39.7 Å². The molecule has 4 nitrogen and oxygen atoms in total. The molecule has 0 unspecified atom stereocenters. The number of amides is 1. The second-order valence-electron chi connectivity index (χ2n) is 6.65. The van der Waals surface area contributed by atoms with Crippen LogP contribution < -0.4 is 4.90 Å². The normalized spacial score (nSPS) is 15.7. The van der Waals surface area contributed by atoms with Gasteiger partial charge in [0.15, 0.2) is 5.11 Å². The minimum Gasteiger partial charge on any atom is -0.457 e. The Morgan fingerprint density at radius 2 is 1.83 bits per heavy atom. The van der Waals surface area contributed by atoms with Crippen LogP contribution in [0.25, 0.3) is 17.4 Å². The lowest BCUT2D eigenvalue weighted by Gasteiger charge is -2.16. The SMILES string of the molecule is Cc1cc(-c2ccc(/C=C3/C(=O)N(c4ccc(Cl)cc4)C(=S)N3C)o2)ccc1Br. The maximum atomic E-state index is 13.0. The highest BCUT2D eigenvalue weighted by atomic mass is 79.9. The number of furan rings is 1. The molecule has 2 heterocycles. The Hall–Kier alpha value is -2.41. The second kappa shape index (κ2) is 7.78. The Labute approximate surface area is 187 Å². The summed E-state index contributed by atoms with van der Waals surface area (Å²) in [7, 11) is 1.77. The Bertz CT molecular complexity index is 1150. The minimum absolute atomic E-state index is 0.211. The van der Waals surface area contributed by atoms with Gasteiger partial charge in [0.05, 0.1) is 5.69 Å². The number of halogens is 2. The Morgan fingerprint density at radius 3 is 2.52 bits per heavy atom. The van der Waals surface area contributed by atoms with Crippen LogP contribution in [0.3, 0.4) is 0 Å². The summed E-state index contributed by atoms with van der Waals surface area (Å²) in [6.45, 7) is 2.03. The Kier molecular flexibility index (Phi) is 5.34. The van der Waals surface area contributed by atoms with E-state index >= 15 is 0 Å². The van der Waals surface area contributed by atoms with Crippen LogP contribution in [-0.2, 0) is 4.79 Å². The van der Waals surface area contributed by atoms with Gasteiger partial charge in [-0.3, -0.25) is 9.69 Å². The molecule has 0 saturated carbocycles. The van der Waals surface area contributed by atoms with Crippen LogP contribution in [0.1, 0.15) is 11.3 Å². The number of likely N-dealkylation sites (N-methyl/N-ethyl adjacent to an activating group) is 1. The summed E-state index contributed by atoms with van der Waals surface area (Å²) in [4.78, 5) is 16.2. The maximum Gasteiger partial charge on any atom is 0.281 e. The third kappa shape index (κ3) is 3.75. The number of rotatable bonds is 3. The highest BCUT2D eigenvalue weighted by molar-refractivity contribution is 9.10. The smallest absolute Gasteiger partial charge is 0.281 e. The van der Waals surface area contributed by atoms with Gasteiger partial charge in [0.2, 0.25) is 0 Å². The zero-order chi connectivity index (χ0) is 20.7. The summed E-state index contributed by atoms with van der Waals surface area (Å²) in [5.41, 5.74) is 3.20. The van der Waals surface area contributed by atoms with Crippen molar-refractivity contribution in [2.45, 2.75) is 6.92 Å². The lowest BCUT2D eigenvalue weighted by molar-refractivity contribution is -0.114. The van der Waals surface area contributed by atoms with E-state index in [9.17, 15) is 4.79 Å². The van der Waals surface area contributed by atoms with Crippen LogP contribution in [0, 0.1) is 6.92 Å². The summed E-state index contributed by atoms with van der Waals surface area (Å²) in [6.07, 6.45) is 1.71. The van der Waals surface area contributed by atoms with Crippen molar-refractivity contribution in [2.24, 2.45) is 0 Å². The van der Waals surface area contributed by atoms with Gasteiger partial charge in [-0.2, -0.15) is 0 Å². The van der Waals surface area contributed by atoms with Crippen molar-refractivity contribution in [1.82, 2.24) is 4.90 Å². The van der Waals surface area contributed by atoms with Crippen molar-refractivity contribution in [3.8, 4) is 11.3 Å². The quantitative estimate of drug-likeness (QED) is 0.322. The molecule has 0 atom stereocenters. The molecular formula is C22H16BrClN2O2S. The van der Waals surface area contributed by atoms with E-state index in [2.05, 4.69) is 15.9 Å². The fraction of sp³-hybridized carbons (Fsp3) is 0.0909. The molecule has 0 spiro atoms. The van der Waals surface area contributed by atoms with Crippen LogP contribution in [0.4, 0.5) is 5.69 Å². The molecule has 1 amide bonds. The van der Waals surface area contributed by atoms with Gasteiger partial charge in [-0.05, 0) is 73.2 Å². The van der Waals surface area contributed by atoms with Gasteiger partial charge >= 0.3 is 0 Å². The number of thiocarbonyl (C=S) groups is 1. The molecule has 0 aliphatic carbocycles. The van der Waals surface area contributed by atoms with E-state index in [1.54, 1.807) is 42.3 Å². The van der Waals surface area contributed by atoms with E-state index in [1.807, 2.05) is 37.3 Å². The van der Waals surface area contributed by atoms with Crippen LogP contribution in [0.5, 0.6) is 0 Å². The number of benzene rings is 2. The van der Waals surface area contributed by atoms with E-state index in [4.69, 9.17) is 28.2 Å². The fourth-order valence-corrected chi connectivity index (χ4v) is 3.75. The Balaban J connectivity index is 1.65. The fourth-order valence-electron chi connectivity index (χ4n) is 3.09. The summed E-state index contributed by atoms with van der Waals surface area (Å²) in [6, 6.07) is 16.7. The zero-order valence-electron chi connectivity index (χ0n) is 15.6. The van der Waals surface area contributed by atoms with Gasteiger partial charge in [0.1, 0.15) is 17.2 Å². The molecule has 4 rings (SSSR count). The first kappa shape index (κ1) is 19.9. The third-order valence-electron chi connectivity index (χ3n) is 4.69. The largest absolute Gasteiger partial charge is 0.457 e. The number of hydrogen-bond acceptors (Lipinski definition) is 3. The van der Waals surface area contributed by atoms with Gasteiger partial charge in [0, 0.05) is 28.2 Å². The van der Waals surface area contributed by atoms with Crippen molar-refractivity contribution >= 4 is 62.5 Å². The van der Waals surface area contributed by atoms with Gasteiger partial charge in [-0.1, -0.05) is 33.6 Å². The van der Waals surface area contributed by atoms with Crippen molar-refractivity contribution in [2.75, 3.05) is 11.9 Å². The molecule has 1 aliphatic heterocycles. The molecule has 0 N–H and O–H groups in total. The molecule has 0 bridgehead atoms. The summed E-state index contributed by atoms with van der Waals surface area (Å²) in [5, 5.41) is 1.00. The lowest BCUT2D eigenvalue weighted by Crippen LogP contribution is -2.31. The maximum absolute atomic E-state index is 13.0. The standard InChI is InChI=1S/C22H16BrClN2O2S/c1-13-11-14(3-9-18(13)23)20-10-8-17(28-20)12-19-21(27)26(22(29)25(19)2)16-6-4-15(24)5-7-16/h3-12H,1-2H3/b19-12-. The highest BCUT2D eigenvalue weighted by Crippen LogP contribution is 2.31. The van der Waals surface area contributed by atoms with Crippen molar-refractivity contribution in [3.63, 3.8) is 0 Å². The molecule has 2 aromatic carbocycles. The van der Waals surface area contributed by atoms with Crippen molar-refractivity contribution < 1.29 is 9.21 Å². The average molecular weight is 488 g/mol. The zero-order valence-corrected chi connectivity index (χ0v) is 18.8. The number of nitrogens with zero attached hydrogens (tertiary/aromatic N) is 2. The minimum atomic E-state index is -0.211. The number of aryl methyl sites for hydroxylation is 1. The van der Waals surface area contributed by atoms with Crippen LogP contribution in [0.15, 0.2) is 69.2 Å². The van der Waals surface area contributed by atoms with Crippen LogP contribution in [0.2, 0.25) is 5.02 Å². The molecule has 29 heavy (non-hydrogen) atoms. The Morgan fingerprint density at radius 1 is 1.10 bits per heavy atom. The number of carbonyl (C=O) groups is 1. The summed E-state index contributed by atoms with van der Waals surface area (Å²) in [5.74, 6) is 1.10. The van der Waals surface area contributed by atoms with E-state index < -0.39 is 0 Å². The molecule has 1 aromatic heterocycles.